The zero-order chi connectivity index (χ0) is 22.7. The number of primary amides is 1. The molecule has 4 rings (SSSR count). The molecule has 2 heterocycles. The number of hydrogen-bond donors (Lipinski definition) is 2. The van der Waals surface area contributed by atoms with E-state index in [1.807, 2.05) is 0 Å². The molecule has 0 saturated carbocycles. The molecule has 1 amide bonds. The Balaban J connectivity index is 1.56. The van der Waals surface area contributed by atoms with Crippen LogP contribution < -0.4 is 15.8 Å². The van der Waals surface area contributed by atoms with Crippen LogP contribution in [-0.2, 0) is 10.8 Å². The standard InChI is InChI=1S/C22H20F2N4O3S/c23-16-2-1-3-17(24)20(16)18-12-19(21(22(25)29)28-27-18)26-13-4-6-14(7-5-13)31-15-8-10-32(30)11-9-15/h1-7,12,15H,8-11H2,(H2,25,29)(H,26,27). The lowest BCUT2D eigenvalue weighted by atomic mass is 10.1. The average molecular weight is 458 g/mol. The van der Waals surface area contributed by atoms with Crippen molar-refractivity contribution < 1.29 is 22.5 Å². The fourth-order valence-electron chi connectivity index (χ4n) is 3.39. The van der Waals surface area contributed by atoms with Crippen LogP contribution in [0.3, 0.4) is 0 Å². The lowest BCUT2D eigenvalue weighted by Gasteiger charge is -2.22. The van der Waals surface area contributed by atoms with E-state index in [2.05, 4.69) is 15.5 Å². The van der Waals surface area contributed by atoms with Gasteiger partial charge in [0.25, 0.3) is 5.91 Å². The highest BCUT2D eigenvalue weighted by atomic mass is 32.2. The van der Waals surface area contributed by atoms with E-state index in [0.29, 0.717) is 22.9 Å². The number of hydrogen-bond acceptors (Lipinski definition) is 6. The van der Waals surface area contributed by atoms with Gasteiger partial charge < -0.3 is 15.8 Å². The SMILES string of the molecule is NC(=O)c1nnc(-c2c(F)cccc2F)cc1Nc1ccc(OC2CCS(=O)CC2)cc1. The van der Waals surface area contributed by atoms with Gasteiger partial charge in [-0.3, -0.25) is 9.00 Å². The van der Waals surface area contributed by atoms with Gasteiger partial charge in [-0.1, -0.05) is 6.07 Å². The number of nitrogens with one attached hydrogen (secondary N) is 1. The largest absolute Gasteiger partial charge is 0.490 e. The van der Waals surface area contributed by atoms with Gasteiger partial charge in [0.15, 0.2) is 5.69 Å². The van der Waals surface area contributed by atoms with Gasteiger partial charge in [0.1, 0.15) is 29.2 Å². The number of amides is 1. The molecule has 7 nitrogen and oxygen atoms in total. The minimum atomic E-state index is -0.838. The summed E-state index contributed by atoms with van der Waals surface area (Å²) in [6.07, 6.45) is 1.51. The van der Waals surface area contributed by atoms with Crippen molar-refractivity contribution in [1.82, 2.24) is 10.2 Å². The van der Waals surface area contributed by atoms with Crippen molar-refractivity contribution in [2.75, 3.05) is 16.8 Å². The Labute approximate surface area is 185 Å². The van der Waals surface area contributed by atoms with Crippen LogP contribution >= 0.6 is 0 Å². The van der Waals surface area contributed by atoms with Gasteiger partial charge >= 0.3 is 0 Å². The molecule has 0 aliphatic carbocycles. The molecule has 3 aromatic rings. The first-order valence-electron chi connectivity index (χ1n) is 9.91. The number of rotatable bonds is 6. The fourth-order valence-corrected chi connectivity index (χ4v) is 4.64. The third-order valence-corrected chi connectivity index (χ3v) is 6.40. The predicted molar refractivity (Wildman–Crippen MR) is 117 cm³/mol. The van der Waals surface area contributed by atoms with Crippen molar-refractivity contribution in [3.8, 4) is 17.0 Å². The Morgan fingerprint density at radius 2 is 1.72 bits per heavy atom. The van der Waals surface area contributed by atoms with E-state index in [1.54, 1.807) is 24.3 Å². The summed E-state index contributed by atoms with van der Waals surface area (Å²) in [6.45, 7) is 0. The maximum absolute atomic E-state index is 14.2. The number of nitrogens with two attached hydrogens (primary N) is 1. The molecule has 166 valence electrons. The number of carbonyl (C=O) groups excluding carboxylic acids is 1. The second-order valence-corrected chi connectivity index (χ2v) is 8.96. The molecular weight excluding hydrogens is 438 g/mol. The lowest BCUT2D eigenvalue weighted by Crippen LogP contribution is -2.27. The molecule has 1 saturated heterocycles. The molecule has 0 radical (unpaired) electrons. The molecule has 0 bridgehead atoms. The third-order valence-electron chi connectivity index (χ3n) is 5.02. The Kier molecular flexibility index (Phi) is 6.40. The smallest absolute Gasteiger partial charge is 0.271 e. The summed E-state index contributed by atoms with van der Waals surface area (Å²) >= 11 is 0. The number of carbonyl (C=O) groups is 1. The summed E-state index contributed by atoms with van der Waals surface area (Å²) in [6, 6.07) is 11.7. The topological polar surface area (TPSA) is 107 Å². The second-order valence-electron chi connectivity index (χ2n) is 7.27. The first-order chi connectivity index (χ1) is 15.4. The highest BCUT2D eigenvalue weighted by Gasteiger charge is 2.20. The van der Waals surface area contributed by atoms with Crippen molar-refractivity contribution in [2.24, 2.45) is 5.73 Å². The molecular formula is C22H20F2N4O3S. The van der Waals surface area contributed by atoms with Crippen molar-refractivity contribution >= 4 is 28.1 Å². The molecule has 1 aliphatic heterocycles. The van der Waals surface area contributed by atoms with E-state index in [4.69, 9.17) is 10.5 Å². The molecule has 2 aromatic carbocycles. The average Bonchev–Trinajstić information content (AvgIpc) is 2.76. The molecule has 1 aliphatic rings. The predicted octanol–water partition coefficient (Wildman–Crippen LogP) is 3.55. The van der Waals surface area contributed by atoms with E-state index in [0.717, 1.165) is 25.0 Å². The maximum Gasteiger partial charge on any atom is 0.271 e. The van der Waals surface area contributed by atoms with Crippen molar-refractivity contribution in [3.05, 3.63) is 65.9 Å². The quantitative estimate of drug-likeness (QED) is 0.585. The Bertz CT molecular complexity index is 1140. The highest BCUT2D eigenvalue weighted by molar-refractivity contribution is 7.85. The number of nitrogens with zero attached hydrogens (tertiary/aromatic N) is 2. The summed E-state index contributed by atoms with van der Waals surface area (Å²) in [4.78, 5) is 11.8. The van der Waals surface area contributed by atoms with Gasteiger partial charge in [0, 0.05) is 28.0 Å². The van der Waals surface area contributed by atoms with Gasteiger partial charge in [-0.05, 0) is 55.3 Å². The molecule has 0 unspecified atom stereocenters. The van der Waals surface area contributed by atoms with E-state index in [1.165, 1.54) is 12.1 Å². The summed E-state index contributed by atoms with van der Waals surface area (Å²) in [5.41, 5.74) is 5.53. The summed E-state index contributed by atoms with van der Waals surface area (Å²) in [7, 11) is -0.756. The molecule has 10 heteroatoms. The minimum Gasteiger partial charge on any atom is -0.490 e. The lowest BCUT2D eigenvalue weighted by molar-refractivity contribution is 0.0995. The maximum atomic E-state index is 14.2. The minimum absolute atomic E-state index is 0.0237. The van der Waals surface area contributed by atoms with Gasteiger partial charge in [0.2, 0.25) is 0 Å². The Morgan fingerprint density at radius 3 is 2.34 bits per heavy atom. The van der Waals surface area contributed by atoms with Gasteiger partial charge in [-0.15, -0.1) is 10.2 Å². The number of aromatic nitrogens is 2. The van der Waals surface area contributed by atoms with Crippen LogP contribution in [0.15, 0.2) is 48.5 Å². The second kappa shape index (κ2) is 9.39. The zero-order valence-electron chi connectivity index (χ0n) is 16.9. The number of halogens is 2. The Morgan fingerprint density at radius 1 is 1.06 bits per heavy atom. The van der Waals surface area contributed by atoms with Crippen LogP contribution in [0, 0.1) is 11.6 Å². The van der Waals surface area contributed by atoms with Crippen LogP contribution in [0.25, 0.3) is 11.3 Å². The Hall–Kier alpha value is -3.40. The molecule has 1 aromatic heterocycles. The molecule has 0 spiro atoms. The fraction of sp³-hybridized carbons (Fsp3) is 0.227. The van der Waals surface area contributed by atoms with Crippen LogP contribution in [0.5, 0.6) is 5.75 Å². The van der Waals surface area contributed by atoms with Crippen LogP contribution in [-0.4, -0.2) is 37.9 Å². The number of anilines is 2. The van der Waals surface area contributed by atoms with Crippen molar-refractivity contribution in [2.45, 2.75) is 18.9 Å². The third kappa shape index (κ3) is 4.91. The van der Waals surface area contributed by atoms with Gasteiger partial charge in [-0.25, -0.2) is 8.78 Å². The van der Waals surface area contributed by atoms with E-state index < -0.39 is 28.3 Å². The van der Waals surface area contributed by atoms with Crippen LogP contribution in [0.4, 0.5) is 20.2 Å². The zero-order valence-corrected chi connectivity index (χ0v) is 17.7. The first kappa shape index (κ1) is 21.8. The van der Waals surface area contributed by atoms with Gasteiger partial charge in [-0.2, -0.15) is 0 Å². The van der Waals surface area contributed by atoms with Crippen molar-refractivity contribution in [3.63, 3.8) is 0 Å². The highest BCUT2D eigenvalue weighted by Crippen LogP contribution is 2.29. The van der Waals surface area contributed by atoms with Crippen LogP contribution in [0.2, 0.25) is 0 Å². The van der Waals surface area contributed by atoms with E-state index in [9.17, 15) is 17.8 Å². The van der Waals surface area contributed by atoms with Gasteiger partial charge in [0.05, 0.1) is 11.3 Å². The molecule has 1 fully saturated rings. The number of ether oxygens (including phenoxy) is 1. The summed E-state index contributed by atoms with van der Waals surface area (Å²) < 4.78 is 45.7. The summed E-state index contributed by atoms with van der Waals surface area (Å²) in [5.74, 6) is -0.504. The molecule has 3 N–H and O–H groups in total. The number of benzene rings is 2. The van der Waals surface area contributed by atoms with E-state index in [-0.39, 0.29) is 28.7 Å². The molecule has 32 heavy (non-hydrogen) atoms. The molecule has 0 atom stereocenters. The van der Waals surface area contributed by atoms with Crippen LogP contribution in [0.1, 0.15) is 23.3 Å². The van der Waals surface area contributed by atoms with Crippen molar-refractivity contribution in [1.29, 1.82) is 0 Å². The first-order valence-corrected chi connectivity index (χ1v) is 11.4. The summed E-state index contributed by atoms with van der Waals surface area (Å²) in [5, 5.41) is 10.5. The van der Waals surface area contributed by atoms with E-state index >= 15 is 0 Å². The normalized spacial score (nSPS) is 18.2. The monoisotopic (exact) mass is 458 g/mol.